The topological polar surface area (TPSA) is 98.8 Å². The van der Waals surface area contributed by atoms with E-state index in [1.807, 2.05) is 13.8 Å². The lowest BCUT2D eigenvalue weighted by atomic mass is 10.3. The minimum atomic E-state index is -0.294. The zero-order chi connectivity index (χ0) is 15.4. The Labute approximate surface area is 117 Å². The number of imide groups is 2. The number of hydrogen-bond donors (Lipinski definition) is 2. The molecule has 20 heavy (non-hydrogen) atoms. The second kappa shape index (κ2) is 6.36. The molecule has 2 saturated heterocycles. The summed E-state index contributed by atoms with van der Waals surface area (Å²) < 4.78 is 0. The van der Waals surface area contributed by atoms with Gasteiger partial charge < -0.3 is 9.80 Å². The van der Waals surface area contributed by atoms with Gasteiger partial charge in [0.25, 0.3) is 11.8 Å². The highest BCUT2D eigenvalue weighted by atomic mass is 16.2. The molecule has 2 aliphatic rings. The Bertz CT molecular complexity index is 397. The van der Waals surface area contributed by atoms with E-state index in [1.54, 1.807) is 13.8 Å². The van der Waals surface area contributed by atoms with E-state index >= 15 is 0 Å². The average Bonchev–Trinajstić information content (AvgIpc) is 2.77. The van der Waals surface area contributed by atoms with E-state index in [2.05, 4.69) is 10.6 Å². The molecular weight excluding hydrogens is 264 g/mol. The molecule has 8 nitrogen and oxygen atoms in total. The highest BCUT2D eigenvalue weighted by Crippen LogP contribution is 2.06. The van der Waals surface area contributed by atoms with Gasteiger partial charge in [-0.3, -0.25) is 20.2 Å². The Morgan fingerprint density at radius 2 is 1.10 bits per heavy atom. The number of nitrogens with zero attached hydrogens (tertiary/aromatic N) is 2. The van der Waals surface area contributed by atoms with Gasteiger partial charge in [0.05, 0.1) is 0 Å². The number of rotatable bonds is 2. The Kier molecular flexibility index (Phi) is 5.06. The van der Waals surface area contributed by atoms with Crippen molar-refractivity contribution in [2.45, 2.75) is 39.8 Å². The van der Waals surface area contributed by atoms with Crippen LogP contribution in [0.1, 0.15) is 27.7 Å². The van der Waals surface area contributed by atoms with Crippen LogP contribution in [0.5, 0.6) is 0 Å². The van der Waals surface area contributed by atoms with Crippen molar-refractivity contribution in [2.24, 2.45) is 0 Å². The molecule has 2 atom stereocenters. The highest BCUT2D eigenvalue weighted by molar-refractivity contribution is 6.04. The molecule has 2 rings (SSSR count). The minimum Gasteiger partial charge on any atom is -0.313 e. The second-order valence-electron chi connectivity index (χ2n) is 4.51. The van der Waals surface area contributed by atoms with Gasteiger partial charge in [0, 0.05) is 13.1 Å². The van der Waals surface area contributed by atoms with Crippen LogP contribution >= 0.6 is 0 Å². The summed E-state index contributed by atoms with van der Waals surface area (Å²) in [7, 11) is 0. The molecule has 112 valence electrons. The summed E-state index contributed by atoms with van der Waals surface area (Å²) >= 11 is 0. The van der Waals surface area contributed by atoms with Crippen molar-refractivity contribution in [1.82, 2.24) is 20.4 Å². The van der Waals surface area contributed by atoms with Crippen LogP contribution in [0.25, 0.3) is 0 Å². The predicted molar refractivity (Wildman–Crippen MR) is 70.8 cm³/mol. The van der Waals surface area contributed by atoms with Crippen molar-refractivity contribution in [3.63, 3.8) is 0 Å². The normalized spacial score (nSPS) is 25.4. The molecule has 0 saturated carbocycles. The SMILES string of the molecule is CCN1C(=O)NC(=O)C1C.CCN1C(=O)NC(=O)C1C. The maximum Gasteiger partial charge on any atom is 0.324 e. The molecule has 8 heteroatoms. The van der Waals surface area contributed by atoms with Crippen molar-refractivity contribution in [3.8, 4) is 0 Å². The Morgan fingerprint density at radius 3 is 1.20 bits per heavy atom. The Morgan fingerprint density at radius 1 is 0.800 bits per heavy atom. The molecule has 2 unspecified atom stereocenters. The van der Waals surface area contributed by atoms with Crippen LogP contribution in [0, 0.1) is 0 Å². The lowest BCUT2D eigenvalue weighted by molar-refractivity contribution is -0.121. The molecule has 0 bridgehead atoms. The number of urea groups is 2. The van der Waals surface area contributed by atoms with Gasteiger partial charge in [0.15, 0.2) is 0 Å². The van der Waals surface area contributed by atoms with Crippen LogP contribution in [-0.2, 0) is 9.59 Å². The molecule has 2 N–H and O–H groups in total. The lowest BCUT2D eigenvalue weighted by Gasteiger charge is -2.14. The molecular formula is C12H20N4O4. The zero-order valence-electron chi connectivity index (χ0n) is 12.1. The molecule has 0 spiro atoms. The van der Waals surface area contributed by atoms with Gasteiger partial charge in [-0.2, -0.15) is 0 Å². The van der Waals surface area contributed by atoms with Crippen LogP contribution in [-0.4, -0.2) is 58.8 Å². The van der Waals surface area contributed by atoms with E-state index in [0.29, 0.717) is 13.1 Å². The van der Waals surface area contributed by atoms with Gasteiger partial charge in [-0.05, 0) is 27.7 Å². The molecule has 0 aliphatic carbocycles. The molecule has 0 aromatic carbocycles. The standard InChI is InChI=1S/2C6H10N2O2/c2*1-3-8-4(2)5(9)7-6(8)10/h2*4H,3H2,1-2H3,(H,7,9,10). The maximum atomic E-state index is 10.8. The fourth-order valence-corrected chi connectivity index (χ4v) is 2.03. The highest BCUT2D eigenvalue weighted by Gasteiger charge is 2.33. The number of likely N-dealkylation sites (N-methyl/N-ethyl adjacent to an activating group) is 2. The summed E-state index contributed by atoms with van der Waals surface area (Å²) in [5, 5.41) is 4.43. The quantitative estimate of drug-likeness (QED) is 0.691. The third kappa shape index (κ3) is 3.06. The Hall–Kier alpha value is -2.12. The largest absolute Gasteiger partial charge is 0.324 e. The number of carbonyl (C=O) groups excluding carboxylic acids is 4. The fourth-order valence-electron chi connectivity index (χ4n) is 2.03. The number of amides is 6. The smallest absolute Gasteiger partial charge is 0.313 e. The summed E-state index contributed by atoms with van der Waals surface area (Å²) in [5.41, 5.74) is 0. The molecule has 6 amide bonds. The fraction of sp³-hybridized carbons (Fsp3) is 0.667. The van der Waals surface area contributed by atoms with E-state index in [9.17, 15) is 19.2 Å². The minimum absolute atomic E-state index is 0.202. The van der Waals surface area contributed by atoms with Gasteiger partial charge in [0.1, 0.15) is 12.1 Å². The lowest BCUT2D eigenvalue weighted by Crippen LogP contribution is -2.32. The summed E-state index contributed by atoms with van der Waals surface area (Å²) in [5.74, 6) is -0.404. The third-order valence-electron chi connectivity index (χ3n) is 3.36. The second-order valence-corrected chi connectivity index (χ2v) is 4.51. The first-order chi connectivity index (χ1) is 9.33. The summed E-state index contributed by atoms with van der Waals surface area (Å²) in [6.07, 6.45) is 0. The van der Waals surface area contributed by atoms with Crippen molar-refractivity contribution in [3.05, 3.63) is 0 Å². The summed E-state index contributed by atoms with van der Waals surface area (Å²) in [6.45, 7) is 8.27. The van der Waals surface area contributed by atoms with Gasteiger partial charge >= 0.3 is 12.1 Å². The summed E-state index contributed by atoms with van der Waals surface area (Å²) in [6, 6.07) is -1.14. The molecule has 2 fully saturated rings. The summed E-state index contributed by atoms with van der Waals surface area (Å²) in [4.78, 5) is 46.2. The van der Waals surface area contributed by atoms with Gasteiger partial charge in [-0.1, -0.05) is 0 Å². The Balaban J connectivity index is 0.000000200. The van der Waals surface area contributed by atoms with Crippen molar-refractivity contribution in [1.29, 1.82) is 0 Å². The molecule has 2 aliphatic heterocycles. The van der Waals surface area contributed by atoms with Crippen LogP contribution in [0.2, 0.25) is 0 Å². The predicted octanol–water partition coefficient (Wildman–Crippen LogP) is -0.107. The number of hydrogen-bond acceptors (Lipinski definition) is 4. The van der Waals surface area contributed by atoms with Crippen LogP contribution < -0.4 is 10.6 Å². The number of carbonyl (C=O) groups is 4. The molecule has 0 aromatic rings. The van der Waals surface area contributed by atoms with Crippen molar-refractivity contribution < 1.29 is 19.2 Å². The molecule has 2 heterocycles. The van der Waals surface area contributed by atoms with Gasteiger partial charge in [0.2, 0.25) is 0 Å². The van der Waals surface area contributed by atoms with Crippen LogP contribution in [0.15, 0.2) is 0 Å². The molecule has 0 aromatic heterocycles. The first-order valence-electron chi connectivity index (χ1n) is 6.56. The monoisotopic (exact) mass is 284 g/mol. The average molecular weight is 284 g/mol. The van der Waals surface area contributed by atoms with E-state index < -0.39 is 0 Å². The van der Waals surface area contributed by atoms with E-state index in [1.165, 1.54) is 9.80 Å². The van der Waals surface area contributed by atoms with E-state index in [4.69, 9.17) is 0 Å². The van der Waals surface area contributed by atoms with Gasteiger partial charge in [-0.15, -0.1) is 0 Å². The van der Waals surface area contributed by atoms with Crippen LogP contribution in [0.3, 0.4) is 0 Å². The molecule has 0 radical (unpaired) electrons. The van der Waals surface area contributed by atoms with E-state index in [-0.39, 0.29) is 36.0 Å². The van der Waals surface area contributed by atoms with Crippen molar-refractivity contribution in [2.75, 3.05) is 13.1 Å². The van der Waals surface area contributed by atoms with E-state index in [0.717, 1.165) is 0 Å². The number of nitrogens with one attached hydrogen (secondary N) is 2. The van der Waals surface area contributed by atoms with Crippen molar-refractivity contribution >= 4 is 23.9 Å². The van der Waals surface area contributed by atoms with Crippen LogP contribution in [0.4, 0.5) is 9.59 Å². The first kappa shape index (κ1) is 15.9. The third-order valence-corrected chi connectivity index (χ3v) is 3.36. The first-order valence-corrected chi connectivity index (χ1v) is 6.56. The van der Waals surface area contributed by atoms with Gasteiger partial charge in [-0.25, -0.2) is 9.59 Å². The zero-order valence-corrected chi connectivity index (χ0v) is 12.1. The maximum absolute atomic E-state index is 10.8.